The molecule has 0 radical (unpaired) electrons. The van der Waals surface area contributed by atoms with Crippen molar-refractivity contribution >= 4 is 22.5 Å². The van der Waals surface area contributed by atoms with Gasteiger partial charge in [0.05, 0.1) is 6.42 Å². The van der Waals surface area contributed by atoms with E-state index in [0.717, 1.165) is 28.5 Å². The van der Waals surface area contributed by atoms with Crippen LogP contribution in [0.25, 0.3) is 10.8 Å². The molecule has 106 valence electrons. The Morgan fingerprint density at radius 2 is 2.00 bits per heavy atom. The molecule has 0 aliphatic rings. The summed E-state index contributed by atoms with van der Waals surface area (Å²) in [5.41, 5.74) is 2.03. The third-order valence-corrected chi connectivity index (χ3v) is 3.51. The van der Waals surface area contributed by atoms with Crippen molar-refractivity contribution in [1.82, 2.24) is 10.2 Å². The van der Waals surface area contributed by atoms with Gasteiger partial charge in [-0.05, 0) is 22.8 Å². The van der Waals surface area contributed by atoms with Gasteiger partial charge in [0.25, 0.3) is 0 Å². The molecule has 3 rings (SSSR count). The van der Waals surface area contributed by atoms with Crippen molar-refractivity contribution in [3.05, 3.63) is 59.8 Å². The van der Waals surface area contributed by atoms with Gasteiger partial charge in [-0.25, -0.2) is 0 Å². The zero-order valence-corrected chi connectivity index (χ0v) is 11.9. The highest BCUT2D eigenvalue weighted by molar-refractivity contribution is 5.95. The molecule has 0 fully saturated rings. The van der Waals surface area contributed by atoms with E-state index in [0.29, 0.717) is 12.2 Å². The monoisotopic (exact) mass is 279 g/mol. The summed E-state index contributed by atoms with van der Waals surface area (Å²) >= 11 is 0. The fraction of sp³-hybridized carbons (Fsp3) is 0.176. The van der Waals surface area contributed by atoms with E-state index in [1.54, 1.807) is 0 Å². The molecule has 0 saturated carbocycles. The number of hydrogen-bond acceptors (Lipinski definition) is 2. The van der Waals surface area contributed by atoms with Gasteiger partial charge < -0.3 is 5.32 Å². The maximum absolute atomic E-state index is 12.2. The molecule has 0 aliphatic carbocycles. The number of aromatic nitrogens is 2. The van der Waals surface area contributed by atoms with Crippen LogP contribution in [0.15, 0.2) is 48.5 Å². The van der Waals surface area contributed by atoms with E-state index in [4.69, 9.17) is 0 Å². The number of aromatic amines is 1. The molecule has 1 heterocycles. The molecule has 0 spiro atoms. The van der Waals surface area contributed by atoms with Crippen LogP contribution in [-0.4, -0.2) is 16.1 Å². The van der Waals surface area contributed by atoms with Crippen molar-refractivity contribution in [1.29, 1.82) is 0 Å². The van der Waals surface area contributed by atoms with Gasteiger partial charge in [-0.2, -0.15) is 5.10 Å². The maximum atomic E-state index is 12.2. The van der Waals surface area contributed by atoms with Crippen molar-refractivity contribution < 1.29 is 4.79 Å². The zero-order chi connectivity index (χ0) is 14.7. The number of rotatable bonds is 4. The van der Waals surface area contributed by atoms with E-state index < -0.39 is 0 Å². The second kappa shape index (κ2) is 5.79. The van der Waals surface area contributed by atoms with E-state index in [1.807, 2.05) is 43.3 Å². The molecule has 4 heteroatoms. The van der Waals surface area contributed by atoms with E-state index in [9.17, 15) is 4.79 Å². The first-order valence-electron chi connectivity index (χ1n) is 7.07. The summed E-state index contributed by atoms with van der Waals surface area (Å²) < 4.78 is 0. The molecular formula is C17H17N3O. The maximum Gasteiger partial charge on any atom is 0.230 e. The van der Waals surface area contributed by atoms with E-state index in [2.05, 4.69) is 27.6 Å². The summed E-state index contributed by atoms with van der Waals surface area (Å²) in [7, 11) is 0. The van der Waals surface area contributed by atoms with Gasteiger partial charge in [-0.15, -0.1) is 0 Å². The number of fused-ring (bicyclic) bond motifs is 1. The zero-order valence-electron chi connectivity index (χ0n) is 11.9. The molecule has 0 bridgehead atoms. The second-order valence-electron chi connectivity index (χ2n) is 5.00. The van der Waals surface area contributed by atoms with Gasteiger partial charge >= 0.3 is 0 Å². The number of benzene rings is 2. The standard InChI is InChI=1S/C17H17N3O/c1-2-14-11-16(20-19-14)18-17(21)10-13-8-5-7-12-6-3-4-9-15(12)13/h3-9,11H,2,10H2,1H3,(H2,18,19,20,21). The summed E-state index contributed by atoms with van der Waals surface area (Å²) in [6, 6.07) is 16.0. The van der Waals surface area contributed by atoms with Crippen LogP contribution in [0, 0.1) is 0 Å². The molecule has 0 aliphatic heterocycles. The Morgan fingerprint density at radius 3 is 2.81 bits per heavy atom. The van der Waals surface area contributed by atoms with Crippen LogP contribution >= 0.6 is 0 Å². The van der Waals surface area contributed by atoms with Crippen molar-refractivity contribution in [3.63, 3.8) is 0 Å². The molecule has 1 aromatic heterocycles. The molecule has 4 nitrogen and oxygen atoms in total. The minimum atomic E-state index is -0.0551. The topological polar surface area (TPSA) is 57.8 Å². The SMILES string of the molecule is CCc1cc(NC(=O)Cc2cccc3ccccc23)n[nH]1. The van der Waals surface area contributed by atoms with Crippen molar-refractivity contribution in [2.24, 2.45) is 0 Å². The quantitative estimate of drug-likeness (QED) is 0.769. The molecule has 2 N–H and O–H groups in total. The number of carbonyl (C=O) groups excluding carboxylic acids is 1. The predicted octanol–water partition coefficient (Wildman–Crippen LogP) is 3.31. The number of aryl methyl sites for hydroxylation is 1. The Balaban J connectivity index is 1.77. The average molecular weight is 279 g/mol. The van der Waals surface area contributed by atoms with Crippen LogP contribution < -0.4 is 5.32 Å². The van der Waals surface area contributed by atoms with Gasteiger partial charge in [0, 0.05) is 11.8 Å². The normalized spacial score (nSPS) is 10.7. The van der Waals surface area contributed by atoms with Crippen molar-refractivity contribution in [2.75, 3.05) is 5.32 Å². The van der Waals surface area contributed by atoms with E-state index >= 15 is 0 Å². The third kappa shape index (κ3) is 2.94. The molecule has 0 unspecified atom stereocenters. The fourth-order valence-corrected chi connectivity index (χ4v) is 2.41. The number of H-pyrrole nitrogens is 1. The van der Waals surface area contributed by atoms with Crippen molar-refractivity contribution in [3.8, 4) is 0 Å². The van der Waals surface area contributed by atoms with Gasteiger partial charge in [-0.3, -0.25) is 9.89 Å². The number of anilines is 1. The molecule has 0 atom stereocenters. The molecule has 0 saturated heterocycles. The van der Waals surface area contributed by atoms with Crippen LogP contribution in [0.1, 0.15) is 18.2 Å². The Kier molecular flexibility index (Phi) is 3.69. The number of amides is 1. The highest BCUT2D eigenvalue weighted by Gasteiger charge is 2.08. The lowest BCUT2D eigenvalue weighted by molar-refractivity contribution is -0.115. The largest absolute Gasteiger partial charge is 0.309 e. The third-order valence-electron chi connectivity index (χ3n) is 3.51. The first kappa shape index (κ1) is 13.4. The van der Waals surface area contributed by atoms with Crippen LogP contribution in [0.3, 0.4) is 0 Å². The Morgan fingerprint density at radius 1 is 1.19 bits per heavy atom. The highest BCUT2D eigenvalue weighted by atomic mass is 16.1. The number of nitrogens with zero attached hydrogens (tertiary/aromatic N) is 1. The summed E-state index contributed by atoms with van der Waals surface area (Å²) in [6.45, 7) is 2.04. The minimum absolute atomic E-state index is 0.0551. The molecule has 21 heavy (non-hydrogen) atoms. The Hall–Kier alpha value is -2.62. The predicted molar refractivity (Wildman–Crippen MR) is 84.2 cm³/mol. The van der Waals surface area contributed by atoms with Gasteiger partial charge in [0.15, 0.2) is 5.82 Å². The summed E-state index contributed by atoms with van der Waals surface area (Å²) in [6.07, 6.45) is 1.21. The Labute approximate surface area is 123 Å². The van der Waals surface area contributed by atoms with Crippen LogP contribution in [0.2, 0.25) is 0 Å². The highest BCUT2D eigenvalue weighted by Crippen LogP contribution is 2.19. The first-order valence-corrected chi connectivity index (χ1v) is 7.07. The number of hydrogen-bond donors (Lipinski definition) is 2. The number of carbonyl (C=O) groups is 1. The Bertz CT molecular complexity index is 771. The van der Waals surface area contributed by atoms with Crippen LogP contribution in [0.4, 0.5) is 5.82 Å². The summed E-state index contributed by atoms with van der Waals surface area (Å²) in [5, 5.41) is 12.1. The summed E-state index contributed by atoms with van der Waals surface area (Å²) in [4.78, 5) is 12.2. The van der Waals surface area contributed by atoms with E-state index in [1.165, 1.54) is 0 Å². The van der Waals surface area contributed by atoms with Crippen LogP contribution in [-0.2, 0) is 17.6 Å². The second-order valence-corrected chi connectivity index (χ2v) is 5.00. The lowest BCUT2D eigenvalue weighted by Gasteiger charge is -2.06. The van der Waals surface area contributed by atoms with E-state index in [-0.39, 0.29) is 5.91 Å². The minimum Gasteiger partial charge on any atom is -0.309 e. The molecule has 3 aromatic rings. The fourth-order valence-electron chi connectivity index (χ4n) is 2.41. The first-order chi connectivity index (χ1) is 10.3. The van der Waals surface area contributed by atoms with Crippen LogP contribution in [0.5, 0.6) is 0 Å². The molecular weight excluding hydrogens is 262 g/mol. The van der Waals surface area contributed by atoms with Crippen molar-refractivity contribution in [2.45, 2.75) is 19.8 Å². The smallest absolute Gasteiger partial charge is 0.230 e. The number of nitrogens with one attached hydrogen (secondary N) is 2. The van der Waals surface area contributed by atoms with Gasteiger partial charge in [0.2, 0.25) is 5.91 Å². The van der Waals surface area contributed by atoms with Gasteiger partial charge in [0.1, 0.15) is 0 Å². The summed E-state index contributed by atoms with van der Waals surface area (Å²) in [5.74, 6) is 0.526. The van der Waals surface area contributed by atoms with Gasteiger partial charge in [-0.1, -0.05) is 49.4 Å². The molecule has 2 aromatic carbocycles. The lowest BCUT2D eigenvalue weighted by Crippen LogP contribution is -2.14. The average Bonchev–Trinajstić information content (AvgIpc) is 2.95. The molecule has 1 amide bonds. The lowest BCUT2D eigenvalue weighted by atomic mass is 10.0.